The number of anilines is 1. The second-order valence-electron chi connectivity index (χ2n) is 4.54. The van der Waals surface area contributed by atoms with E-state index in [-0.39, 0.29) is 11.3 Å². The Hall–Kier alpha value is -2.13. The van der Waals surface area contributed by atoms with E-state index in [1.165, 1.54) is 12.1 Å². The van der Waals surface area contributed by atoms with E-state index < -0.39 is 4.92 Å². The molecule has 1 aliphatic heterocycles. The van der Waals surface area contributed by atoms with Crippen LogP contribution in [0.5, 0.6) is 0 Å². The number of nitriles is 1. The van der Waals surface area contributed by atoms with E-state index in [1.807, 2.05) is 6.07 Å². The van der Waals surface area contributed by atoms with Crippen molar-refractivity contribution in [3.05, 3.63) is 33.9 Å². The Kier molecular flexibility index (Phi) is 4.31. The molecule has 1 aromatic rings. The Morgan fingerprint density at radius 2 is 2.21 bits per heavy atom. The van der Waals surface area contributed by atoms with Crippen LogP contribution in [0.4, 0.5) is 11.4 Å². The number of benzene rings is 1. The molecule has 0 spiro atoms. The van der Waals surface area contributed by atoms with Crippen molar-refractivity contribution in [2.45, 2.75) is 12.8 Å². The highest BCUT2D eigenvalue weighted by Crippen LogP contribution is 2.23. The zero-order valence-corrected chi connectivity index (χ0v) is 10.5. The molecule has 1 N–H and O–H groups in total. The van der Waals surface area contributed by atoms with E-state index >= 15 is 0 Å². The van der Waals surface area contributed by atoms with Crippen molar-refractivity contribution in [2.24, 2.45) is 5.92 Å². The summed E-state index contributed by atoms with van der Waals surface area (Å²) in [6, 6.07) is 6.38. The van der Waals surface area contributed by atoms with Gasteiger partial charge >= 0.3 is 0 Å². The van der Waals surface area contributed by atoms with Gasteiger partial charge in [0.2, 0.25) is 0 Å². The highest BCUT2D eigenvalue weighted by Gasteiger charge is 2.16. The number of nitrogens with one attached hydrogen (secondary N) is 1. The van der Waals surface area contributed by atoms with Gasteiger partial charge in [-0.3, -0.25) is 10.1 Å². The topological polar surface area (TPSA) is 88.2 Å². The van der Waals surface area contributed by atoms with Crippen LogP contribution >= 0.6 is 0 Å². The zero-order chi connectivity index (χ0) is 13.7. The van der Waals surface area contributed by atoms with Gasteiger partial charge in [0.1, 0.15) is 11.6 Å². The first-order valence-corrected chi connectivity index (χ1v) is 6.21. The number of nitro benzene ring substituents is 1. The summed E-state index contributed by atoms with van der Waals surface area (Å²) in [7, 11) is 0. The number of nitro groups is 1. The predicted octanol–water partition coefficient (Wildman–Crippen LogP) is 2.30. The maximum atomic E-state index is 10.7. The minimum absolute atomic E-state index is 0.0852. The molecule has 0 atom stereocenters. The molecule has 0 unspecified atom stereocenters. The molecule has 0 bridgehead atoms. The lowest BCUT2D eigenvalue weighted by Crippen LogP contribution is -2.22. The van der Waals surface area contributed by atoms with Crippen LogP contribution in [0.15, 0.2) is 18.2 Å². The van der Waals surface area contributed by atoms with Crippen LogP contribution in [-0.2, 0) is 4.74 Å². The fourth-order valence-corrected chi connectivity index (χ4v) is 2.11. The van der Waals surface area contributed by atoms with Crippen LogP contribution in [0, 0.1) is 27.4 Å². The van der Waals surface area contributed by atoms with Crippen LogP contribution in [-0.4, -0.2) is 24.7 Å². The minimum Gasteiger partial charge on any atom is -0.385 e. The highest BCUT2D eigenvalue weighted by atomic mass is 16.6. The van der Waals surface area contributed by atoms with Crippen molar-refractivity contribution in [2.75, 3.05) is 25.1 Å². The van der Waals surface area contributed by atoms with Gasteiger partial charge in [0, 0.05) is 31.5 Å². The Labute approximate surface area is 111 Å². The van der Waals surface area contributed by atoms with E-state index in [1.54, 1.807) is 6.07 Å². The van der Waals surface area contributed by atoms with Gasteiger partial charge < -0.3 is 10.1 Å². The van der Waals surface area contributed by atoms with Gasteiger partial charge in [-0.15, -0.1) is 0 Å². The summed E-state index contributed by atoms with van der Waals surface area (Å²) >= 11 is 0. The first kappa shape index (κ1) is 13.3. The van der Waals surface area contributed by atoms with Gasteiger partial charge in [-0.05, 0) is 30.9 Å². The second-order valence-corrected chi connectivity index (χ2v) is 4.54. The lowest BCUT2D eigenvalue weighted by atomic mass is 10.0. The lowest BCUT2D eigenvalue weighted by Gasteiger charge is -2.22. The number of rotatable bonds is 4. The molecule has 1 aromatic carbocycles. The van der Waals surface area contributed by atoms with Crippen LogP contribution in [0.2, 0.25) is 0 Å². The molecule has 6 nitrogen and oxygen atoms in total. The van der Waals surface area contributed by atoms with E-state index in [9.17, 15) is 10.1 Å². The van der Waals surface area contributed by atoms with E-state index in [4.69, 9.17) is 10.00 Å². The van der Waals surface area contributed by atoms with E-state index in [0.717, 1.165) is 38.3 Å². The van der Waals surface area contributed by atoms with Crippen molar-refractivity contribution < 1.29 is 9.66 Å². The molecule has 100 valence electrons. The molecule has 0 amide bonds. The summed E-state index contributed by atoms with van der Waals surface area (Å²) in [6.45, 7) is 2.37. The van der Waals surface area contributed by atoms with Crippen molar-refractivity contribution in [1.82, 2.24) is 0 Å². The van der Waals surface area contributed by atoms with Crippen molar-refractivity contribution >= 4 is 11.4 Å². The SMILES string of the molecule is N#Cc1cc(NCC2CCOCC2)ccc1[N+](=O)[O-]. The summed E-state index contributed by atoms with van der Waals surface area (Å²) in [5.41, 5.74) is 0.676. The second kappa shape index (κ2) is 6.16. The molecule has 6 heteroatoms. The molecular weight excluding hydrogens is 246 g/mol. The quantitative estimate of drug-likeness (QED) is 0.663. The molecule has 0 saturated carbocycles. The number of ether oxygens (including phenoxy) is 1. The molecular formula is C13H15N3O3. The average Bonchev–Trinajstić information content (AvgIpc) is 2.45. The lowest BCUT2D eigenvalue weighted by molar-refractivity contribution is -0.385. The first-order valence-electron chi connectivity index (χ1n) is 6.21. The Morgan fingerprint density at radius 3 is 2.84 bits per heavy atom. The molecule has 1 fully saturated rings. The third-order valence-electron chi connectivity index (χ3n) is 3.25. The molecule has 0 aliphatic carbocycles. The predicted molar refractivity (Wildman–Crippen MR) is 69.8 cm³/mol. The number of hydrogen-bond donors (Lipinski definition) is 1. The maximum Gasteiger partial charge on any atom is 0.287 e. The summed E-state index contributed by atoms with van der Waals surface area (Å²) in [5, 5.41) is 22.9. The molecule has 19 heavy (non-hydrogen) atoms. The summed E-state index contributed by atoms with van der Waals surface area (Å²) in [6.07, 6.45) is 2.04. The van der Waals surface area contributed by atoms with E-state index in [2.05, 4.69) is 5.32 Å². The minimum atomic E-state index is -0.541. The standard InChI is InChI=1S/C13H15N3O3/c14-8-11-7-12(1-2-13(11)16(17)18)15-9-10-3-5-19-6-4-10/h1-2,7,10,15H,3-6,9H2. The van der Waals surface area contributed by atoms with Crippen molar-refractivity contribution in [3.63, 3.8) is 0 Å². The van der Waals surface area contributed by atoms with Gasteiger partial charge in [0.05, 0.1) is 4.92 Å². The van der Waals surface area contributed by atoms with Gasteiger partial charge in [-0.1, -0.05) is 0 Å². The highest BCUT2D eigenvalue weighted by molar-refractivity contribution is 5.58. The monoisotopic (exact) mass is 261 g/mol. The molecule has 1 aliphatic rings. The van der Waals surface area contributed by atoms with Crippen LogP contribution in [0.25, 0.3) is 0 Å². The Morgan fingerprint density at radius 1 is 1.47 bits per heavy atom. The zero-order valence-electron chi connectivity index (χ0n) is 10.5. The number of hydrogen-bond acceptors (Lipinski definition) is 5. The van der Waals surface area contributed by atoms with Gasteiger partial charge in [0.15, 0.2) is 0 Å². The Balaban J connectivity index is 2.01. The van der Waals surface area contributed by atoms with E-state index in [0.29, 0.717) is 5.92 Å². The van der Waals surface area contributed by atoms with Crippen LogP contribution < -0.4 is 5.32 Å². The third-order valence-corrected chi connectivity index (χ3v) is 3.25. The number of nitrogens with zero attached hydrogens (tertiary/aromatic N) is 2. The fourth-order valence-electron chi connectivity index (χ4n) is 2.11. The smallest absolute Gasteiger partial charge is 0.287 e. The first-order chi connectivity index (χ1) is 9.20. The van der Waals surface area contributed by atoms with Gasteiger partial charge in [0.25, 0.3) is 5.69 Å². The van der Waals surface area contributed by atoms with Crippen molar-refractivity contribution in [1.29, 1.82) is 5.26 Å². The fraction of sp³-hybridized carbons (Fsp3) is 0.462. The maximum absolute atomic E-state index is 10.7. The van der Waals surface area contributed by atoms with Crippen LogP contribution in [0.3, 0.4) is 0 Å². The normalized spacial score (nSPS) is 15.7. The summed E-state index contributed by atoms with van der Waals surface area (Å²) < 4.78 is 5.28. The summed E-state index contributed by atoms with van der Waals surface area (Å²) in [4.78, 5) is 10.2. The largest absolute Gasteiger partial charge is 0.385 e. The summed E-state index contributed by atoms with van der Waals surface area (Å²) in [5.74, 6) is 0.550. The molecule has 2 rings (SSSR count). The molecule has 0 aromatic heterocycles. The van der Waals surface area contributed by atoms with Crippen molar-refractivity contribution in [3.8, 4) is 6.07 Å². The average molecular weight is 261 g/mol. The van der Waals surface area contributed by atoms with Gasteiger partial charge in [-0.25, -0.2) is 0 Å². The molecule has 1 heterocycles. The molecule has 0 radical (unpaired) electrons. The van der Waals surface area contributed by atoms with Gasteiger partial charge in [-0.2, -0.15) is 5.26 Å². The Bertz CT molecular complexity index is 504. The van der Waals surface area contributed by atoms with Crippen LogP contribution in [0.1, 0.15) is 18.4 Å². The molecule has 1 saturated heterocycles. The third kappa shape index (κ3) is 3.42.